The smallest absolute Gasteiger partial charge is 0.281 e. The highest BCUT2D eigenvalue weighted by Gasteiger charge is 2.49. The van der Waals surface area contributed by atoms with Crippen LogP contribution >= 0.6 is 0 Å². The number of hydrogen-bond acceptors (Lipinski definition) is 3. The minimum absolute atomic E-state index is 0.101. The van der Waals surface area contributed by atoms with Gasteiger partial charge in [0.15, 0.2) is 5.69 Å². The van der Waals surface area contributed by atoms with Crippen LogP contribution in [0.5, 0.6) is 0 Å². The highest BCUT2D eigenvalue weighted by atomic mass is 16.2. The van der Waals surface area contributed by atoms with E-state index in [1.54, 1.807) is 20.7 Å². The molecule has 26 heavy (non-hydrogen) atoms. The van der Waals surface area contributed by atoms with Crippen molar-refractivity contribution in [3.8, 4) is 0 Å². The zero-order valence-electron chi connectivity index (χ0n) is 14.2. The summed E-state index contributed by atoms with van der Waals surface area (Å²) in [6.45, 7) is 2.58. The van der Waals surface area contributed by atoms with Crippen molar-refractivity contribution in [2.45, 2.75) is 19.6 Å². The van der Waals surface area contributed by atoms with Crippen molar-refractivity contribution in [2.75, 3.05) is 9.80 Å². The first-order valence-corrected chi connectivity index (χ1v) is 8.59. The highest BCUT2D eigenvalue weighted by molar-refractivity contribution is 6.20. The van der Waals surface area contributed by atoms with Gasteiger partial charge >= 0.3 is 0 Å². The molecule has 2 aliphatic rings. The van der Waals surface area contributed by atoms with Gasteiger partial charge < -0.3 is 0 Å². The van der Waals surface area contributed by atoms with Crippen LogP contribution in [-0.4, -0.2) is 21.6 Å². The molecule has 0 aliphatic carbocycles. The molecule has 0 saturated carbocycles. The van der Waals surface area contributed by atoms with E-state index in [9.17, 15) is 9.59 Å². The van der Waals surface area contributed by atoms with Crippen LogP contribution in [0.4, 0.5) is 11.4 Å². The van der Waals surface area contributed by atoms with Crippen LogP contribution < -0.4 is 9.80 Å². The number of fused-ring (bicyclic) bond motifs is 5. The summed E-state index contributed by atoms with van der Waals surface area (Å²) in [5, 5.41) is 4.42. The van der Waals surface area contributed by atoms with E-state index < -0.39 is 6.17 Å². The fourth-order valence-electron chi connectivity index (χ4n) is 3.77. The Morgan fingerprint density at radius 3 is 2.42 bits per heavy atom. The number of carbonyl (C=O) groups is 2. The molecule has 0 saturated heterocycles. The average Bonchev–Trinajstić information content (AvgIpc) is 3.23. The zero-order chi connectivity index (χ0) is 17.8. The third kappa shape index (κ3) is 1.84. The van der Waals surface area contributed by atoms with Gasteiger partial charge in [0.2, 0.25) is 0 Å². The summed E-state index contributed by atoms with van der Waals surface area (Å²) in [5.41, 5.74) is 3.10. The van der Waals surface area contributed by atoms with Gasteiger partial charge in [-0.25, -0.2) is 0 Å². The molecule has 6 nitrogen and oxygen atoms in total. The van der Waals surface area contributed by atoms with E-state index in [4.69, 9.17) is 0 Å². The molecular formula is C20H16N4O2. The number of carbonyl (C=O) groups excluding carboxylic acids is 2. The molecule has 6 heteroatoms. The second-order valence-electron chi connectivity index (χ2n) is 6.37. The third-order valence-electron chi connectivity index (χ3n) is 4.96. The molecule has 2 aromatic carbocycles. The lowest BCUT2D eigenvalue weighted by atomic mass is 10.1. The Morgan fingerprint density at radius 2 is 1.65 bits per heavy atom. The summed E-state index contributed by atoms with van der Waals surface area (Å²) in [5.74, 6) is -0.292. The molecule has 0 bridgehead atoms. The van der Waals surface area contributed by atoms with Gasteiger partial charge in [0.25, 0.3) is 11.8 Å². The second-order valence-corrected chi connectivity index (χ2v) is 6.37. The molecule has 0 N–H and O–H groups in total. The summed E-state index contributed by atoms with van der Waals surface area (Å²) in [6.07, 6.45) is 1.29. The molecule has 1 aromatic heterocycles. The fourth-order valence-corrected chi connectivity index (χ4v) is 3.77. The molecule has 5 rings (SSSR count). The van der Waals surface area contributed by atoms with Crippen molar-refractivity contribution in [3.05, 3.63) is 77.6 Å². The van der Waals surface area contributed by atoms with Crippen LogP contribution in [0.1, 0.15) is 39.5 Å². The number of nitrogens with zero attached hydrogens (tertiary/aromatic N) is 4. The first-order valence-electron chi connectivity index (χ1n) is 8.59. The lowest BCUT2D eigenvalue weighted by Gasteiger charge is -2.38. The molecule has 128 valence electrons. The van der Waals surface area contributed by atoms with Gasteiger partial charge in [-0.3, -0.25) is 24.1 Å². The molecular weight excluding hydrogens is 328 g/mol. The maximum atomic E-state index is 13.3. The Balaban J connectivity index is 1.79. The van der Waals surface area contributed by atoms with Crippen LogP contribution in [0.25, 0.3) is 0 Å². The molecule has 2 aliphatic heterocycles. The molecule has 0 fully saturated rings. The SMILES string of the molecule is CCn1cc2c(n1)C(=O)N(c1ccccc1)[C@H]1c3ccccc3C(=O)N21. The van der Waals surface area contributed by atoms with E-state index in [1.807, 2.05) is 61.5 Å². The van der Waals surface area contributed by atoms with Crippen molar-refractivity contribution >= 4 is 23.2 Å². The second kappa shape index (κ2) is 5.29. The summed E-state index contributed by atoms with van der Waals surface area (Å²) < 4.78 is 1.70. The van der Waals surface area contributed by atoms with E-state index >= 15 is 0 Å². The lowest BCUT2D eigenvalue weighted by Crippen LogP contribution is -2.48. The third-order valence-corrected chi connectivity index (χ3v) is 4.96. The molecule has 2 amide bonds. The van der Waals surface area contributed by atoms with Gasteiger partial charge in [-0.15, -0.1) is 0 Å². The van der Waals surface area contributed by atoms with E-state index in [2.05, 4.69) is 5.10 Å². The van der Waals surface area contributed by atoms with Gasteiger partial charge in [0.05, 0.1) is 5.69 Å². The van der Waals surface area contributed by atoms with Gasteiger partial charge in [-0.2, -0.15) is 5.10 Å². The summed E-state index contributed by atoms with van der Waals surface area (Å²) >= 11 is 0. The zero-order valence-corrected chi connectivity index (χ0v) is 14.2. The van der Waals surface area contributed by atoms with Crippen LogP contribution in [-0.2, 0) is 6.54 Å². The predicted molar refractivity (Wildman–Crippen MR) is 97.1 cm³/mol. The molecule has 3 aromatic rings. The number of rotatable bonds is 2. The van der Waals surface area contributed by atoms with E-state index in [0.29, 0.717) is 23.5 Å². The van der Waals surface area contributed by atoms with E-state index in [1.165, 1.54) is 0 Å². The number of aromatic nitrogens is 2. The van der Waals surface area contributed by atoms with Crippen molar-refractivity contribution in [3.63, 3.8) is 0 Å². The maximum absolute atomic E-state index is 13.3. The van der Waals surface area contributed by atoms with Crippen molar-refractivity contribution in [1.29, 1.82) is 0 Å². The van der Waals surface area contributed by atoms with E-state index in [0.717, 1.165) is 11.3 Å². The normalized spacial score (nSPS) is 18.0. The Morgan fingerprint density at radius 1 is 0.923 bits per heavy atom. The van der Waals surface area contributed by atoms with Crippen LogP contribution in [0.3, 0.4) is 0 Å². The first kappa shape index (κ1) is 14.9. The first-order chi connectivity index (χ1) is 12.7. The van der Waals surface area contributed by atoms with Crippen LogP contribution in [0, 0.1) is 0 Å². The average molecular weight is 344 g/mol. The van der Waals surface area contributed by atoms with Crippen LogP contribution in [0.15, 0.2) is 60.8 Å². The molecule has 0 unspecified atom stereocenters. The topological polar surface area (TPSA) is 58.4 Å². The monoisotopic (exact) mass is 344 g/mol. The van der Waals surface area contributed by atoms with E-state index in [-0.39, 0.29) is 11.8 Å². The maximum Gasteiger partial charge on any atom is 0.282 e. The Hall–Kier alpha value is -3.41. The summed E-state index contributed by atoms with van der Waals surface area (Å²) in [4.78, 5) is 29.8. The van der Waals surface area contributed by atoms with Crippen LogP contribution in [0.2, 0.25) is 0 Å². The molecule has 0 spiro atoms. The number of anilines is 2. The fraction of sp³-hybridized carbons (Fsp3) is 0.150. The van der Waals surface area contributed by atoms with Crippen molar-refractivity contribution < 1.29 is 9.59 Å². The van der Waals surface area contributed by atoms with Crippen molar-refractivity contribution in [1.82, 2.24) is 9.78 Å². The number of aryl methyl sites for hydroxylation is 1. The predicted octanol–water partition coefficient (Wildman–Crippen LogP) is 3.22. The molecule has 1 atom stereocenters. The Bertz CT molecular complexity index is 1040. The largest absolute Gasteiger partial charge is 0.282 e. The molecule has 3 heterocycles. The Kier molecular flexibility index (Phi) is 3.03. The van der Waals surface area contributed by atoms with Crippen molar-refractivity contribution in [2.24, 2.45) is 0 Å². The summed E-state index contributed by atoms with van der Waals surface area (Å²) in [6, 6.07) is 16.9. The van der Waals surface area contributed by atoms with Gasteiger partial charge in [0, 0.05) is 29.6 Å². The Labute approximate surface area is 150 Å². The highest BCUT2D eigenvalue weighted by Crippen LogP contribution is 2.46. The van der Waals surface area contributed by atoms with Gasteiger partial charge in [0.1, 0.15) is 6.17 Å². The minimum atomic E-state index is -0.490. The minimum Gasteiger partial charge on any atom is -0.281 e. The summed E-state index contributed by atoms with van der Waals surface area (Å²) in [7, 11) is 0. The number of benzene rings is 2. The van der Waals surface area contributed by atoms with Gasteiger partial charge in [-0.05, 0) is 25.1 Å². The standard InChI is InChI=1S/C20H16N4O2/c1-2-22-12-16-17(21-22)20(26)23(13-8-4-3-5-9-13)18-14-10-6-7-11-15(14)19(25)24(16)18/h3-12,18H,2H2,1H3/t18-/m1/s1. The number of hydrogen-bond donors (Lipinski definition) is 0. The number of para-hydroxylation sites is 1. The number of amides is 2. The molecule has 0 radical (unpaired) electrons. The van der Waals surface area contributed by atoms with Gasteiger partial charge in [-0.1, -0.05) is 36.4 Å². The lowest BCUT2D eigenvalue weighted by molar-refractivity contribution is 0.0945. The quantitative estimate of drug-likeness (QED) is 0.717.